The minimum absolute atomic E-state index is 0.00271. The molecular formula is C18H18N2O2. The van der Waals surface area contributed by atoms with E-state index in [2.05, 4.69) is 30.5 Å². The van der Waals surface area contributed by atoms with Crippen LogP contribution in [-0.2, 0) is 9.53 Å². The first-order valence-corrected chi connectivity index (χ1v) is 7.11. The summed E-state index contributed by atoms with van der Waals surface area (Å²) in [5.41, 5.74) is 4.15. The van der Waals surface area contributed by atoms with E-state index >= 15 is 0 Å². The first kappa shape index (κ1) is 15.6. The molecule has 2 rings (SSSR count). The Kier molecular flexibility index (Phi) is 4.80. The highest BCUT2D eigenvalue weighted by molar-refractivity contribution is 5.97. The molecule has 0 aliphatic carbocycles. The van der Waals surface area contributed by atoms with Gasteiger partial charge >= 0.3 is 5.97 Å². The van der Waals surface area contributed by atoms with Gasteiger partial charge in [0.1, 0.15) is 11.6 Å². The van der Waals surface area contributed by atoms with E-state index in [1.165, 1.54) is 6.08 Å². The maximum Gasteiger partial charge on any atom is 0.348 e. The van der Waals surface area contributed by atoms with E-state index in [1.54, 1.807) is 6.92 Å². The molecule has 1 heterocycles. The lowest BCUT2D eigenvalue weighted by Crippen LogP contribution is -2.06. The highest BCUT2D eigenvalue weighted by Crippen LogP contribution is 2.18. The second kappa shape index (κ2) is 6.77. The van der Waals surface area contributed by atoms with E-state index < -0.39 is 5.97 Å². The normalized spacial score (nSPS) is 11.1. The van der Waals surface area contributed by atoms with Crippen molar-refractivity contribution in [3.05, 3.63) is 58.9 Å². The largest absolute Gasteiger partial charge is 0.462 e. The summed E-state index contributed by atoms with van der Waals surface area (Å²) in [6.45, 7) is 6.07. The standard InChI is InChI=1S/C18H18N2O2/c1-4-22-18(21)16(12-19)11-15-7-9-17(10-8-15)20-13(2)5-6-14(20)3/h5-11H,4H2,1-3H3/b16-11-. The average molecular weight is 294 g/mol. The Bertz CT molecular complexity index is 727. The molecule has 0 saturated carbocycles. The average Bonchev–Trinajstić information content (AvgIpc) is 2.85. The van der Waals surface area contributed by atoms with Crippen molar-refractivity contribution in [3.8, 4) is 11.8 Å². The van der Waals surface area contributed by atoms with Gasteiger partial charge in [-0.3, -0.25) is 0 Å². The van der Waals surface area contributed by atoms with Gasteiger partial charge in [-0.2, -0.15) is 5.26 Å². The highest BCUT2D eigenvalue weighted by Gasteiger charge is 2.10. The molecule has 0 N–H and O–H groups in total. The number of ether oxygens (including phenoxy) is 1. The molecule has 1 aromatic carbocycles. The van der Waals surface area contributed by atoms with Crippen molar-refractivity contribution >= 4 is 12.0 Å². The first-order valence-electron chi connectivity index (χ1n) is 7.11. The molecule has 0 unspecified atom stereocenters. The zero-order valence-electron chi connectivity index (χ0n) is 13.0. The number of aryl methyl sites for hydroxylation is 2. The molecule has 1 aromatic heterocycles. The molecule has 0 aliphatic heterocycles. The zero-order chi connectivity index (χ0) is 16.1. The van der Waals surface area contributed by atoms with E-state index in [9.17, 15) is 4.79 Å². The van der Waals surface area contributed by atoms with E-state index in [-0.39, 0.29) is 12.2 Å². The molecule has 0 bridgehead atoms. The molecule has 22 heavy (non-hydrogen) atoms. The van der Waals surface area contributed by atoms with Gasteiger partial charge in [0.25, 0.3) is 0 Å². The van der Waals surface area contributed by atoms with Crippen molar-refractivity contribution in [3.63, 3.8) is 0 Å². The van der Waals surface area contributed by atoms with E-state index in [0.29, 0.717) is 0 Å². The molecule has 0 amide bonds. The van der Waals surface area contributed by atoms with Crippen LogP contribution in [0.5, 0.6) is 0 Å². The Hall–Kier alpha value is -2.80. The maximum absolute atomic E-state index is 11.6. The number of benzene rings is 1. The summed E-state index contributed by atoms with van der Waals surface area (Å²) in [4.78, 5) is 11.6. The molecule has 0 spiro atoms. The van der Waals surface area contributed by atoms with Gasteiger partial charge in [0.15, 0.2) is 0 Å². The van der Waals surface area contributed by atoms with Crippen LogP contribution >= 0.6 is 0 Å². The lowest BCUT2D eigenvalue weighted by Gasteiger charge is -2.09. The topological polar surface area (TPSA) is 55.0 Å². The maximum atomic E-state index is 11.6. The van der Waals surface area contributed by atoms with Crippen molar-refractivity contribution in [2.45, 2.75) is 20.8 Å². The number of carbonyl (C=O) groups is 1. The van der Waals surface area contributed by atoms with Crippen molar-refractivity contribution in [2.75, 3.05) is 6.61 Å². The summed E-state index contributed by atoms with van der Waals surface area (Å²) in [7, 11) is 0. The second-order valence-corrected chi connectivity index (χ2v) is 4.93. The number of nitrogens with zero attached hydrogens (tertiary/aromatic N) is 2. The molecule has 112 valence electrons. The molecule has 0 saturated heterocycles. The van der Waals surface area contributed by atoms with Gasteiger partial charge in [0, 0.05) is 17.1 Å². The molecule has 0 atom stereocenters. The van der Waals surface area contributed by atoms with Crippen LogP contribution in [0.4, 0.5) is 0 Å². The fraction of sp³-hybridized carbons (Fsp3) is 0.222. The fourth-order valence-electron chi connectivity index (χ4n) is 2.31. The number of carbonyl (C=O) groups excluding carboxylic acids is 1. The quantitative estimate of drug-likeness (QED) is 0.492. The Morgan fingerprint density at radius 2 is 1.77 bits per heavy atom. The van der Waals surface area contributed by atoms with Crippen LogP contribution in [0.25, 0.3) is 11.8 Å². The van der Waals surface area contributed by atoms with Crippen LogP contribution in [0.2, 0.25) is 0 Å². The van der Waals surface area contributed by atoms with Gasteiger partial charge in [-0.15, -0.1) is 0 Å². The second-order valence-electron chi connectivity index (χ2n) is 4.93. The van der Waals surface area contributed by atoms with Gasteiger partial charge in [-0.05, 0) is 56.7 Å². The number of hydrogen-bond acceptors (Lipinski definition) is 3. The van der Waals surface area contributed by atoms with Crippen molar-refractivity contribution in [2.24, 2.45) is 0 Å². The fourth-order valence-corrected chi connectivity index (χ4v) is 2.31. The van der Waals surface area contributed by atoms with E-state index in [4.69, 9.17) is 10.00 Å². The van der Waals surface area contributed by atoms with Crippen LogP contribution in [0.15, 0.2) is 42.0 Å². The predicted octanol–water partition coefficient (Wildman–Crippen LogP) is 3.56. The highest BCUT2D eigenvalue weighted by atomic mass is 16.5. The molecule has 0 radical (unpaired) electrons. The van der Waals surface area contributed by atoms with Gasteiger partial charge in [-0.1, -0.05) is 12.1 Å². The summed E-state index contributed by atoms with van der Waals surface area (Å²) >= 11 is 0. The van der Waals surface area contributed by atoms with Crippen LogP contribution in [0, 0.1) is 25.2 Å². The van der Waals surface area contributed by atoms with Gasteiger partial charge < -0.3 is 9.30 Å². The molecule has 0 fully saturated rings. The van der Waals surface area contributed by atoms with Crippen LogP contribution in [-0.4, -0.2) is 17.1 Å². The number of nitriles is 1. The van der Waals surface area contributed by atoms with E-state index in [1.807, 2.05) is 30.3 Å². The summed E-state index contributed by atoms with van der Waals surface area (Å²) in [6, 6.07) is 13.7. The third-order valence-electron chi connectivity index (χ3n) is 3.35. The van der Waals surface area contributed by atoms with Crippen LogP contribution in [0.3, 0.4) is 0 Å². The Morgan fingerprint density at radius 1 is 1.18 bits per heavy atom. The summed E-state index contributed by atoms with van der Waals surface area (Å²) in [6.07, 6.45) is 1.54. The van der Waals surface area contributed by atoms with Crippen molar-refractivity contribution in [1.82, 2.24) is 4.57 Å². The SMILES string of the molecule is CCOC(=O)/C(C#N)=C\c1ccc(-n2c(C)ccc2C)cc1. The molecule has 4 heteroatoms. The lowest BCUT2D eigenvalue weighted by atomic mass is 10.1. The molecule has 2 aromatic rings. The third-order valence-corrected chi connectivity index (χ3v) is 3.35. The first-order chi connectivity index (χ1) is 10.6. The zero-order valence-corrected chi connectivity index (χ0v) is 13.0. The Labute approximate surface area is 130 Å². The molecular weight excluding hydrogens is 276 g/mol. The smallest absolute Gasteiger partial charge is 0.348 e. The predicted molar refractivity (Wildman–Crippen MR) is 85.5 cm³/mol. The Balaban J connectivity index is 2.30. The van der Waals surface area contributed by atoms with Crippen LogP contribution in [0.1, 0.15) is 23.9 Å². The van der Waals surface area contributed by atoms with Crippen molar-refractivity contribution < 1.29 is 9.53 Å². The molecule has 4 nitrogen and oxygen atoms in total. The monoisotopic (exact) mass is 294 g/mol. The Morgan fingerprint density at radius 3 is 2.27 bits per heavy atom. The minimum atomic E-state index is -0.592. The van der Waals surface area contributed by atoms with Crippen molar-refractivity contribution in [1.29, 1.82) is 5.26 Å². The molecule has 0 aliphatic rings. The van der Waals surface area contributed by atoms with E-state index in [0.717, 1.165) is 22.6 Å². The number of hydrogen-bond donors (Lipinski definition) is 0. The summed E-state index contributed by atoms with van der Waals surface area (Å²) < 4.78 is 6.99. The van der Waals surface area contributed by atoms with Gasteiger partial charge in [0.2, 0.25) is 0 Å². The number of aromatic nitrogens is 1. The summed E-state index contributed by atoms with van der Waals surface area (Å²) in [5, 5.41) is 9.04. The lowest BCUT2D eigenvalue weighted by molar-refractivity contribution is -0.137. The third kappa shape index (κ3) is 3.26. The number of rotatable bonds is 4. The number of esters is 1. The van der Waals surface area contributed by atoms with Gasteiger partial charge in [0.05, 0.1) is 6.61 Å². The summed E-state index contributed by atoms with van der Waals surface area (Å²) in [5.74, 6) is -0.592. The minimum Gasteiger partial charge on any atom is -0.462 e. The van der Waals surface area contributed by atoms with Crippen LogP contribution < -0.4 is 0 Å². The van der Waals surface area contributed by atoms with Gasteiger partial charge in [-0.25, -0.2) is 4.79 Å².